The van der Waals surface area contributed by atoms with Crippen LogP contribution in [0.2, 0.25) is 0 Å². The summed E-state index contributed by atoms with van der Waals surface area (Å²) in [6, 6.07) is 0. The molecule has 0 aliphatic heterocycles. The number of hydrogen-bond acceptors (Lipinski definition) is 6. The van der Waals surface area contributed by atoms with E-state index in [0.29, 0.717) is 0 Å². The largest absolute Gasteiger partial charge is 0.481 e. The Kier molecular flexibility index (Phi) is 9.51. The lowest BCUT2D eigenvalue weighted by Gasteiger charge is -2.18. The number of rotatable bonds is 7. The van der Waals surface area contributed by atoms with Gasteiger partial charge in [0.15, 0.2) is 5.60 Å². The molecule has 0 saturated carbocycles. The third kappa shape index (κ3) is 9.25. The minimum absolute atomic E-state index is 0.236. The highest BCUT2D eigenvalue weighted by molar-refractivity contribution is 5.88. The van der Waals surface area contributed by atoms with Gasteiger partial charge in [-0.25, -0.2) is 4.79 Å². The molecule has 0 aromatic carbocycles. The Bertz CT molecular complexity index is 328. The smallest absolute Gasteiger partial charge is 0.336 e. The molecule has 0 amide bonds. The van der Waals surface area contributed by atoms with E-state index in [0.717, 1.165) is 6.42 Å². The van der Waals surface area contributed by atoms with E-state index in [1.165, 1.54) is 0 Å². The van der Waals surface area contributed by atoms with Gasteiger partial charge in [-0.15, -0.1) is 0 Å². The molecular formula is C11H22N2O7. The second kappa shape index (κ2) is 9.23. The summed E-state index contributed by atoms with van der Waals surface area (Å²) in [6.07, 6.45) is -1.03. The van der Waals surface area contributed by atoms with Crippen LogP contribution in [0.4, 0.5) is 0 Å². The molecule has 20 heavy (non-hydrogen) atoms. The van der Waals surface area contributed by atoms with Gasteiger partial charge in [0.1, 0.15) is 0 Å². The van der Waals surface area contributed by atoms with Crippen molar-refractivity contribution in [3.8, 4) is 0 Å². The lowest BCUT2D eigenvalue weighted by Crippen LogP contribution is -2.42. The van der Waals surface area contributed by atoms with E-state index in [1.807, 2.05) is 19.0 Å². The maximum absolute atomic E-state index is 10.3. The normalized spacial score (nSPS) is 12.3. The molecule has 0 aliphatic carbocycles. The zero-order valence-corrected chi connectivity index (χ0v) is 11.7. The summed E-state index contributed by atoms with van der Waals surface area (Å²) in [4.78, 5) is 32.5. The fourth-order valence-corrected chi connectivity index (χ4v) is 1.08. The fraction of sp³-hybridized carbons (Fsp3) is 0.727. The molecule has 118 valence electrons. The van der Waals surface area contributed by atoms with Crippen LogP contribution in [0.5, 0.6) is 0 Å². The van der Waals surface area contributed by atoms with Crippen LogP contribution in [0.1, 0.15) is 26.2 Å². The first kappa shape index (κ1) is 20.6. The van der Waals surface area contributed by atoms with Crippen LogP contribution in [-0.4, -0.2) is 69.1 Å². The van der Waals surface area contributed by atoms with E-state index in [-0.39, 0.29) is 6.17 Å². The Labute approximate surface area is 116 Å². The van der Waals surface area contributed by atoms with Gasteiger partial charge >= 0.3 is 17.9 Å². The summed E-state index contributed by atoms with van der Waals surface area (Å²) in [5.41, 5.74) is 2.80. The van der Waals surface area contributed by atoms with Crippen molar-refractivity contribution in [3.63, 3.8) is 0 Å². The number of nitrogens with two attached hydrogens (primary N) is 1. The lowest BCUT2D eigenvalue weighted by atomic mass is 9.96. The summed E-state index contributed by atoms with van der Waals surface area (Å²) in [6.45, 7) is 2.07. The van der Waals surface area contributed by atoms with Gasteiger partial charge in [-0.1, -0.05) is 6.92 Å². The van der Waals surface area contributed by atoms with E-state index in [9.17, 15) is 14.4 Å². The Morgan fingerprint density at radius 1 is 1.10 bits per heavy atom. The first-order valence-electron chi connectivity index (χ1n) is 5.77. The third-order valence-corrected chi connectivity index (χ3v) is 2.37. The SMILES string of the molecule is CCC(N)N(C)C.O=C(O)CC(O)(CC(=O)O)C(=O)O. The van der Waals surface area contributed by atoms with Crippen LogP contribution < -0.4 is 5.73 Å². The average molecular weight is 294 g/mol. The second-order valence-electron chi connectivity index (χ2n) is 4.42. The average Bonchev–Trinajstić information content (AvgIpc) is 2.26. The predicted octanol–water partition coefficient (Wildman–Crippen LogP) is -1.01. The van der Waals surface area contributed by atoms with Crippen LogP contribution in [0.3, 0.4) is 0 Å². The molecule has 9 nitrogen and oxygen atoms in total. The van der Waals surface area contributed by atoms with Crippen LogP contribution in [0.15, 0.2) is 0 Å². The molecule has 0 aliphatic rings. The number of aliphatic hydroxyl groups is 1. The Morgan fingerprint density at radius 2 is 1.45 bits per heavy atom. The Morgan fingerprint density at radius 3 is 1.55 bits per heavy atom. The van der Waals surface area contributed by atoms with Crippen molar-refractivity contribution in [1.29, 1.82) is 0 Å². The molecule has 0 spiro atoms. The predicted molar refractivity (Wildman–Crippen MR) is 69.0 cm³/mol. The van der Waals surface area contributed by atoms with Crippen molar-refractivity contribution < 1.29 is 34.8 Å². The van der Waals surface area contributed by atoms with Crippen LogP contribution in [0, 0.1) is 0 Å². The molecule has 0 bridgehead atoms. The molecule has 1 atom stereocenters. The summed E-state index contributed by atoms with van der Waals surface area (Å²) < 4.78 is 0. The summed E-state index contributed by atoms with van der Waals surface area (Å²) in [5.74, 6) is -5.02. The summed E-state index contributed by atoms with van der Waals surface area (Å²) >= 11 is 0. The molecule has 0 rings (SSSR count). The monoisotopic (exact) mass is 294 g/mol. The molecule has 9 heteroatoms. The van der Waals surface area contributed by atoms with Crippen molar-refractivity contribution in [2.75, 3.05) is 14.1 Å². The van der Waals surface area contributed by atoms with Crippen molar-refractivity contribution in [1.82, 2.24) is 4.90 Å². The van der Waals surface area contributed by atoms with Crippen molar-refractivity contribution in [3.05, 3.63) is 0 Å². The first-order valence-corrected chi connectivity index (χ1v) is 5.77. The minimum atomic E-state index is -2.74. The highest BCUT2D eigenvalue weighted by atomic mass is 16.4. The van der Waals surface area contributed by atoms with Crippen molar-refractivity contribution in [2.24, 2.45) is 5.73 Å². The van der Waals surface area contributed by atoms with Gasteiger partial charge in [0.05, 0.1) is 19.0 Å². The number of aliphatic carboxylic acids is 3. The summed E-state index contributed by atoms with van der Waals surface area (Å²) in [7, 11) is 3.96. The van der Waals surface area contributed by atoms with E-state index >= 15 is 0 Å². The highest BCUT2D eigenvalue weighted by Crippen LogP contribution is 2.15. The molecule has 0 saturated heterocycles. The van der Waals surface area contributed by atoms with Gasteiger partial charge in [-0.3, -0.25) is 14.5 Å². The number of carboxylic acids is 3. The molecular weight excluding hydrogens is 272 g/mol. The van der Waals surface area contributed by atoms with E-state index in [4.69, 9.17) is 26.2 Å². The van der Waals surface area contributed by atoms with Gasteiger partial charge in [0.2, 0.25) is 0 Å². The molecule has 0 fully saturated rings. The standard InChI is InChI=1S/C6H8O7.C5H14N2/c7-3(8)1-6(13,5(11)12)2-4(9)10;1-4-5(6)7(2)3/h13H,1-2H2,(H,7,8)(H,9,10)(H,11,12);5H,4,6H2,1-3H3. The van der Waals surface area contributed by atoms with Crippen molar-refractivity contribution in [2.45, 2.75) is 38.0 Å². The molecule has 0 aromatic heterocycles. The summed E-state index contributed by atoms with van der Waals surface area (Å²) in [5, 5.41) is 33.8. The zero-order valence-electron chi connectivity index (χ0n) is 11.7. The number of carbonyl (C=O) groups is 3. The van der Waals surface area contributed by atoms with Crippen molar-refractivity contribution >= 4 is 17.9 Å². The van der Waals surface area contributed by atoms with Gasteiger partial charge in [-0.05, 0) is 20.5 Å². The maximum Gasteiger partial charge on any atom is 0.336 e. The first-order chi connectivity index (χ1) is 8.96. The van der Waals surface area contributed by atoms with E-state index in [2.05, 4.69) is 6.92 Å². The van der Waals surface area contributed by atoms with E-state index in [1.54, 1.807) is 0 Å². The van der Waals surface area contributed by atoms with Crippen LogP contribution in [-0.2, 0) is 14.4 Å². The molecule has 0 heterocycles. The van der Waals surface area contributed by atoms with Gasteiger partial charge in [0.25, 0.3) is 0 Å². The Hall–Kier alpha value is -1.71. The van der Waals surface area contributed by atoms with Gasteiger partial charge < -0.3 is 26.2 Å². The molecule has 1 unspecified atom stereocenters. The highest BCUT2D eigenvalue weighted by Gasteiger charge is 2.40. The topological polar surface area (TPSA) is 161 Å². The van der Waals surface area contributed by atoms with Crippen LogP contribution in [0.25, 0.3) is 0 Å². The lowest BCUT2D eigenvalue weighted by molar-refractivity contribution is -0.170. The van der Waals surface area contributed by atoms with Crippen LogP contribution >= 0.6 is 0 Å². The van der Waals surface area contributed by atoms with Gasteiger partial charge in [-0.2, -0.15) is 0 Å². The fourth-order valence-electron chi connectivity index (χ4n) is 1.08. The molecule has 0 aromatic rings. The number of hydrogen-bond donors (Lipinski definition) is 5. The number of nitrogens with zero attached hydrogens (tertiary/aromatic N) is 1. The zero-order chi connectivity index (χ0) is 16.5. The maximum atomic E-state index is 10.3. The minimum Gasteiger partial charge on any atom is -0.481 e. The molecule has 6 N–H and O–H groups in total. The van der Waals surface area contributed by atoms with E-state index < -0.39 is 36.4 Å². The second-order valence-corrected chi connectivity index (χ2v) is 4.42. The van der Waals surface area contributed by atoms with Gasteiger partial charge in [0, 0.05) is 0 Å². The number of carboxylic acid groups (broad SMARTS) is 3. The quantitative estimate of drug-likeness (QED) is 0.370. The third-order valence-electron chi connectivity index (χ3n) is 2.37. The molecule has 0 radical (unpaired) electrons. The Balaban J connectivity index is 0.